The minimum absolute atomic E-state index is 1.15. The molecule has 0 rings (SSSR count). The number of carbonyl (C=O) groups excluding carboxylic acids is 1. The molecule has 0 aromatic rings. The Labute approximate surface area is 69.2 Å². The molecule has 72 valence electrons. The lowest BCUT2D eigenvalue weighted by Gasteiger charge is -2.22. The maximum Gasteiger partial charge on any atom is 0.249 e. The number of nitrogens with two attached hydrogens (primary N) is 1. The van der Waals surface area contributed by atoms with Crippen LogP contribution >= 0.6 is 0 Å². The molecule has 6 nitrogen and oxygen atoms in total. The molecule has 4 atom stereocenters. The molecule has 0 unspecified atom stereocenters. The predicted octanol–water partition coefficient (Wildman–Crippen LogP) is -3.06. The van der Waals surface area contributed by atoms with Crippen LogP contribution in [0, 0.1) is 0 Å². The van der Waals surface area contributed by atoms with Crippen molar-refractivity contribution in [1.29, 1.82) is 0 Å². The van der Waals surface area contributed by atoms with Gasteiger partial charge in [-0.05, 0) is 6.92 Å². The first kappa shape index (κ1) is 11.3. The van der Waals surface area contributed by atoms with Gasteiger partial charge in [0.1, 0.15) is 12.2 Å². The summed E-state index contributed by atoms with van der Waals surface area (Å²) < 4.78 is 0. The largest absolute Gasteiger partial charge is 0.391 e. The predicted molar refractivity (Wildman–Crippen MR) is 38.9 cm³/mol. The summed E-state index contributed by atoms with van der Waals surface area (Å²) in [5.41, 5.74) is 4.63. The summed E-state index contributed by atoms with van der Waals surface area (Å²) >= 11 is 0. The van der Waals surface area contributed by atoms with E-state index in [4.69, 9.17) is 20.4 Å². The van der Waals surface area contributed by atoms with Crippen LogP contribution in [0.15, 0.2) is 0 Å². The summed E-state index contributed by atoms with van der Waals surface area (Å²) in [7, 11) is 0. The molecule has 12 heavy (non-hydrogen) atoms. The average molecular weight is 179 g/mol. The van der Waals surface area contributed by atoms with Crippen LogP contribution in [0.4, 0.5) is 0 Å². The highest BCUT2D eigenvalue weighted by atomic mass is 16.4. The zero-order valence-electron chi connectivity index (χ0n) is 6.58. The average Bonchev–Trinajstić information content (AvgIpc) is 2.00. The number of rotatable bonds is 4. The van der Waals surface area contributed by atoms with Gasteiger partial charge in [-0.15, -0.1) is 0 Å². The van der Waals surface area contributed by atoms with Crippen LogP contribution in [-0.4, -0.2) is 50.7 Å². The zero-order chi connectivity index (χ0) is 9.89. The van der Waals surface area contributed by atoms with E-state index >= 15 is 0 Å². The summed E-state index contributed by atoms with van der Waals surface area (Å²) in [6, 6.07) is 0. The lowest BCUT2D eigenvalue weighted by molar-refractivity contribution is -0.142. The fraction of sp³-hybridized carbons (Fsp3) is 0.833. The first-order valence-electron chi connectivity index (χ1n) is 3.39. The number of aliphatic hydroxyl groups excluding tert-OH is 4. The second-order valence-electron chi connectivity index (χ2n) is 2.57. The Morgan fingerprint density at radius 2 is 1.58 bits per heavy atom. The Morgan fingerprint density at radius 3 is 1.83 bits per heavy atom. The van der Waals surface area contributed by atoms with Crippen LogP contribution < -0.4 is 5.73 Å². The normalized spacial score (nSPS) is 21.1. The maximum absolute atomic E-state index is 10.3. The van der Waals surface area contributed by atoms with Crippen LogP contribution in [0.2, 0.25) is 0 Å². The standard InChI is InChI=1S/C6H13NO5/c1-2(8)3(9)4(10)5(11)6(7)12/h2-5,8-11H,1H3,(H2,7,12)/t2-,3+,4+,5-/m1/s1. The van der Waals surface area contributed by atoms with Crippen molar-refractivity contribution in [1.82, 2.24) is 0 Å². The topological polar surface area (TPSA) is 124 Å². The Morgan fingerprint density at radius 1 is 1.17 bits per heavy atom. The SMILES string of the molecule is C[C@@H](O)[C@H](O)[C@H](O)[C@@H](O)C(N)=O. The Balaban J connectivity index is 4.18. The monoisotopic (exact) mass is 179 g/mol. The van der Waals surface area contributed by atoms with Crippen LogP contribution in [0.1, 0.15) is 6.92 Å². The van der Waals surface area contributed by atoms with Crippen molar-refractivity contribution in [2.75, 3.05) is 0 Å². The van der Waals surface area contributed by atoms with E-state index in [0.717, 1.165) is 0 Å². The van der Waals surface area contributed by atoms with E-state index in [9.17, 15) is 4.79 Å². The number of hydrogen-bond acceptors (Lipinski definition) is 5. The van der Waals surface area contributed by atoms with Gasteiger partial charge in [0.05, 0.1) is 6.10 Å². The summed E-state index contributed by atoms with van der Waals surface area (Å²) in [5.74, 6) is -1.15. The molecular weight excluding hydrogens is 166 g/mol. The highest BCUT2D eigenvalue weighted by molar-refractivity contribution is 5.79. The van der Waals surface area contributed by atoms with Crippen molar-refractivity contribution >= 4 is 5.91 Å². The molecule has 0 aromatic carbocycles. The molecule has 0 aromatic heterocycles. The van der Waals surface area contributed by atoms with Gasteiger partial charge >= 0.3 is 0 Å². The molecular formula is C6H13NO5. The second-order valence-corrected chi connectivity index (χ2v) is 2.57. The zero-order valence-corrected chi connectivity index (χ0v) is 6.58. The van der Waals surface area contributed by atoms with Crippen LogP contribution in [-0.2, 0) is 4.79 Å². The summed E-state index contributed by atoms with van der Waals surface area (Å²) in [4.78, 5) is 10.3. The fourth-order valence-corrected chi connectivity index (χ4v) is 0.640. The third-order valence-electron chi connectivity index (χ3n) is 1.46. The van der Waals surface area contributed by atoms with Gasteiger partial charge < -0.3 is 26.2 Å². The molecule has 6 heteroatoms. The number of hydrogen-bond donors (Lipinski definition) is 5. The van der Waals surface area contributed by atoms with E-state index in [-0.39, 0.29) is 0 Å². The van der Waals surface area contributed by atoms with Gasteiger partial charge in [0, 0.05) is 0 Å². The highest BCUT2D eigenvalue weighted by Crippen LogP contribution is 2.03. The molecule has 0 saturated carbocycles. The third-order valence-corrected chi connectivity index (χ3v) is 1.46. The minimum atomic E-state index is -1.87. The van der Waals surface area contributed by atoms with E-state index in [1.54, 1.807) is 0 Å². The van der Waals surface area contributed by atoms with E-state index in [1.807, 2.05) is 0 Å². The lowest BCUT2D eigenvalue weighted by Crippen LogP contribution is -2.48. The summed E-state index contributed by atoms with van der Waals surface area (Å²) in [6.45, 7) is 1.21. The van der Waals surface area contributed by atoms with Gasteiger partial charge in [0.25, 0.3) is 0 Å². The molecule has 0 radical (unpaired) electrons. The first-order chi connectivity index (χ1) is 5.37. The number of carbonyl (C=O) groups is 1. The van der Waals surface area contributed by atoms with Gasteiger partial charge in [-0.2, -0.15) is 0 Å². The molecule has 0 bridgehead atoms. The molecule has 0 saturated heterocycles. The van der Waals surface area contributed by atoms with Gasteiger partial charge in [-0.25, -0.2) is 0 Å². The minimum Gasteiger partial charge on any atom is -0.391 e. The fourth-order valence-electron chi connectivity index (χ4n) is 0.640. The molecule has 0 heterocycles. The molecule has 1 amide bonds. The molecule has 0 aliphatic rings. The third kappa shape index (κ3) is 2.74. The number of amides is 1. The molecule has 0 spiro atoms. The summed E-state index contributed by atoms with van der Waals surface area (Å²) in [6.07, 6.45) is -6.46. The van der Waals surface area contributed by atoms with E-state index < -0.39 is 30.3 Å². The van der Waals surface area contributed by atoms with Crippen molar-refractivity contribution in [3.05, 3.63) is 0 Å². The van der Waals surface area contributed by atoms with Gasteiger partial charge in [0.2, 0.25) is 5.91 Å². The quantitative estimate of drug-likeness (QED) is 0.313. The number of aliphatic hydroxyl groups is 4. The van der Waals surface area contributed by atoms with Crippen LogP contribution in [0.25, 0.3) is 0 Å². The van der Waals surface area contributed by atoms with E-state index in [1.165, 1.54) is 6.92 Å². The smallest absolute Gasteiger partial charge is 0.249 e. The van der Waals surface area contributed by atoms with Gasteiger partial charge in [0.15, 0.2) is 6.10 Å². The number of primary amides is 1. The molecule has 0 aliphatic carbocycles. The van der Waals surface area contributed by atoms with Crippen LogP contribution in [0.3, 0.4) is 0 Å². The molecule has 0 fully saturated rings. The van der Waals surface area contributed by atoms with Crippen molar-refractivity contribution in [3.63, 3.8) is 0 Å². The van der Waals surface area contributed by atoms with E-state index in [0.29, 0.717) is 0 Å². The Bertz CT molecular complexity index is 160. The van der Waals surface area contributed by atoms with Crippen molar-refractivity contribution in [3.8, 4) is 0 Å². The molecule has 0 aliphatic heterocycles. The Kier molecular flexibility index (Phi) is 4.11. The van der Waals surface area contributed by atoms with Gasteiger partial charge in [-0.3, -0.25) is 4.79 Å². The van der Waals surface area contributed by atoms with E-state index in [2.05, 4.69) is 5.73 Å². The van der Waals surface area contributed by atoms with Crippen molar-refractivity contribution in [2.45, 2.75) is 31.3 Å². The Hall–Kier alpha value is -0.690. The van der Waals surface area contributed by atoms with Gasteiger partial charge in [-0.1, -0.05) is 0 Å². The summed E-state index contributed by atoms with van der Waals surface area (Å²) in [5, 5.41) is 35.5. The lowest BCUT2D eigenvalue weighted by atomic mass is 10.0. The maximum atomic E-state index is 10.3. The molecule has 6 N–H and O–H groups in total. The highest BCUT2D eigenvalue weighted by Gasteiger charge is 2.31. The van der Waals surface area contributed by atoms with Crippen LogP contribution in [0.5, 0.6) is 0 Å². The first-order valence-corrected chi connectivity index (χ1v) is 3.39. The second kappa shape index (κ2) is 4.36. The van der Waals surface area contributed by atoms with Crippen molar-refractivity contribution < 1.29 is 25.2 Å². The van der Waals surface area contributed by atoms with Crippen molar-refractivity contribution in [2.24, 2.45) is 5.73 Å².